The molecule has 0 bridgehead atoms. The van der Waals surface area contributed by atoms with E-state index in [0.29, 0.717) is 12.2 Å². The lowest BCUT2D eigenvalue weighted by molar-refractivity contribution is -0.135. The van der Waals surface area contributed by atoms with E-state index in [1.807, 2.05) is 17.0 Å². The van der Waals surface area contributed by atoms with Crippen LogP contribution in [-0.4, -0.2) is 38.4 Å². The third-order valence-electron chi connectivity index (χ3n) is 5.27. The normalized spacial score (nSPS) is 22.8. The van der Waals surface area contributed by atoms with E-state index in [1.54, 1.807) is 10.8 Å². The lowest BCUT2D eigenvalue weighted by Crippen LogP contribution is -2.36. The lowest BCUT2D eigenvalue weighted by atomic mass is 9.88. The number of aromatic amines is 1. The molecule has 6 heteroatoms. The molecule has 1 amide bonds. The van der Waals surface area contributed by atoms with Crippen LogP contribution in [0.2, 0.25) is 0 Å². The molecule has 0 spiro atoms. The number of likely N-dealkylation sites (tertiary alicyclic amines) is 1. The summed E-state index contributed by atoms with van der Waals surface area (Å²) in [6.45, 7) is 1.37. The van der Waals surface area contributed by atoms with Gasteiger partial charge in [-0.1, -0.05) is 19.3 Å². The van der Waals surface area contributed by atoms with E-state index in [4.69, 9.17) is 0 Å². The maximum absolute atomic E-state index is 12.7. The van der Waals surface area contributed by atoms with Crippen molar-refractivity contribution in [2.45, 2.75) is 44.6 Å². The molecule has 2 aromatic rings. The SMILES string of the molecule is O=C(C1CCCCC1)N1CC[C@@H](n2c(=O)[nH]c3cccnc32)C1. The Bertz CT molecular complexity index is 772. The molecular weight excluding hydrogens is 292 g/mol. The number of hydrogen-bond donors (Lipinski definition) is 1. The molecule has 1 N–H and O–H groups in total. The number of imidazole rings is 1. The molecule has 2 aliphatic rings. The number of amides is 1. The third-order valence-corrected chi connectivity index (χ3v) is 5.27. The second-order valence-corrected chi connectivity index (χ2v) is 6.74. The lowest BCUT2D eigenvalue weighted by Gasteiger charge is -2.26. The largest absolute Gasteiger partial charge is 0.340 e. The topological polar surface area (TPSA) is 71.0 Å². The number of fused-ring (bicyclic) bond motifs is 1. The van der Waals surface area contributed by atoms with Gasteiger partial charge in [-0.15, -0.1) is 0 Å². The van der Waals surface area contributed by atoms with Crippen LogP contribution in [-0.2, 0) is 4.79 Å². The van der Waals surface area contributed by atoms with Crippen molar-refractivity contribution in [3.63, 3.8) is 0 Å². The average Bonchev–Trinajstić information content (AvgIpc) is 3.18. The highest BCUT2D eigenvalue weighted by molar-refractivity contribution is 5.79. The Hall–Kier alpha value is -2.11. The first-order valence-corrected chi connectivity index (χ1v) is 8.58. The zero-order valence-corrected chi connectivity index (χ0v) is 13.2. The summed E-state index contributed by atoms with van der Waals surface area (Å²) in [7, 11) is 0. The maximum atomic E-state index is 12.7. The fourth-order valence-electron chi connectivity index (χ4n) is 4.06. The molecule has 23 heavy (non-hydrogen) atoms. The van der Waals surface area contributed by atoms with Crippen molar-refractivity contribution in [3.8, 4) is 0 Å². The van der Waals surface area contributed by atoms with Crippen molar-refractivity contribution in [2.75, 3.05) is 13.1 Å². The highest BCUT2D eigenvalue weighted by Gasteiger charge is 2.33. The van der Waals surface area contributed by atoms with E-state index in [0.717, 1.165) is 31.3 Å². The molecule has 1 saturated carbocycles. The summed E-state index contributed by atoms with van der Waals surface area (Å²) in [6, 6.07) is 3.70. The van der Waals surface area contributed by atoms with Crippen molar-refractivity contribution in [1.29, 1.82) is 0 Å². The molecule has 3 heterocycles. The molecular formula is C17H22N4O2. The number of aromatic nitrogens is 3. The summed E-state index contributed by atoms with van der Waals surface area (Å²) < 4.78 is 1.73. The third kappa shape index (κ3) is 2.56. The number of carbonyl (C=O) groups is 1. The van der Waals surface area contributed by atoms with Gasteiger partial charge in [-0.2, -0.15) is 0 Å². The first-order chi connectivity index (χ1) is 11.2. The summed E-state index contributed by atoms with van der Waals surface area (Å²) in [5.41, 5.74) is 1.32. The summed E-state index contributed by atoms with van der Waals surface area (Å²) in [5.74, 6) is 0.480. The number of H-pyrrole nitrogens is 1. The smallest absolute Gasteiger partial charge is 0.327 e. The van der Waals surface area contributed by atoms with E-state index in [-0.39, 0.29) is 23.6 Å². The van der Waals surface area contributed by atoms with Gasteiger partial charge in [0.25, 0.3) is 0 Å². The van der Waals surface area contributed by atoms with E-state index in [2.05, 4.69) is 9.97 Å². The Morgan fingerprint density at radius 2 is 2.04 bits per heavy atom. The highest BCUT2D eigenvalue weighted by atomic mass is 16.2. The molecule has 0 unspecified atom stereocenters. The van der Waals surface area contributed by atoms with Gasteiger partial charge < -0.3 is 9.88 Å². The summed E-state index contributed by atoms with van der Waals surface area (Å²) >= 11 is 0. The van der Waals surface area contributed by atoms with E-state index < -0.39 is 0 Å². The molecule has 1 atom stereocenters. The van der Waals surface area contributed by atoms with Crippen molar-refractivity contribution < 1.29 is 4.79 Å². The molecule has 1 saturated heterocycles. The molecule has 4 rings (SSSR count). The monoisotopic (exact) mass is 314 g/mol. The Morgan fingerprint density at radius 1 is 1.22 bits per heavy atom. The Morgan fingerprint density at radius 3 is 2.87 bits per heavy atom. The Labute approximate surface area is 134 Å². The summed E-state index contributed by atoms with van der Waals surface area (Å²) in [5, 5.41) is 0. The first-order valence-electron chi connectivity index (χ1n) is 8.58. The van der Waals surface area contributed by atoms with Crippen molar-refractivity contribution in [1.82, 2.24) is 19.4 Å². The molecule has 6 nitrogen and oxygen atoms in total. The number of pyridine rings is 1. The van der Waals surface area contributed by atoms with E-state index in [1.165, 1.54) is 19.3 Å². The van der Waals surface area contributed by atoms with Gasteiger partial charge in [0.05, 0.1) is 11.6 Å². The summed E-state index contributed by atoms with van der Waals surface area (Å²) in [6.07, 6.45) is 8.15. The van der Waals surface area contributed by atoms with Gasteiger partial charge in [0.2, 0.25) is 5.91 Å². The second kappa shape index (κ2) is 5.83. The number of hydrogen-bond acceptors (Lipinski definition) is 3. The van der Waals surface area contributed by atoms with Gasteiger partial charge in [0.15, 0.2) is 5.65 Å². The number of carbonyl (C=O) groups excluding carboxylic acids is 1. The first kappa shape index (κ1) is 14.5. The average molecular weight is 314 g/mol. The van der Waals surface area contributed by atoms with Crippen molar-refractivity contribution in [2.24, 2.45) is 5.92 Å². The molecule has 0 radical (unpaired) electrons. The van der Waals surface area contributed by atoms with Crippen LogP contribution in [0.4, 0.5) is 0 Å². The fraction of sp³-hybridized carbons (Fsp3) is 0.588. The quantitative estimate of drug-likeness (QED) is 0.922. The highest BCUT2D eigenvalue weighted by Crippen LogP contribution is 2.29. The fourth-order valence-corrected chi connectivity index (χ4v) is 4.06. The second-order valence-electron chi connectivity index (χ2n) is 6.74. The van der Waals surface area contributed by atoms with Crippen LogP contribution in [0.3, 0.4) is 0 Å². The van der Waals surface area contributed by atoms with Gasteiger partial charge >= 0.3 is 5.69 Å². The molecule has 1 aliphatic heterocycles. The molecule has 122 valence electrons. The Kier molecular flexibility index (Phi) is 3.67. The molecule has 1 aliphatic carbocycles. The predicted octanol–water partition coefficient (Wildman–Crippen LogP) is 2.08. The van der Waals surface area contributed by atoms with Crippen LogP contribution >= 0.6 is 0 Å². The van der Waals surface area contributed by atoms with Crippen LogP contribution < -0.4 is 5.69 Å². The standard InChI is InChI=1S/C17H22N4O2/c22-16(12-5-2-1-3-6-12)20-10-8-13(11-20)21-15-14(19-17(21)23)7-4-9-18-15/h4,7,9,12-13H,1-3,5-6,8,10-11H2,(H,19,23)/t13-/m1/s1. The molecule has 0 aromatic carbocycles. The Balaban J connectivity index is 1.54. The van der Waals surface area contributed by atoms with Gasteiger partial charge in [-0.05, 0) is 31.4 Å². The van der Waals surface area contributed by atoms with Crippen LogP contribution in [0.15, 0.2) is 23.1 Å². The van der Waals surface area contributed by atoms with Crippen LogP contribution in [0.25, 0.3) is 11.2 Å². The molecule has 2 fully saturated rings. The van der Waals surface area contributed by atoms with Crippen molar-refractivity contribution >= 4 is 17.1 Å². The minimum atomic E-state index is -0.129. The number of nitrogens with zero attached hydrogens (tertiary/aromatic N) is 3. The zero-order chi connectivity index (χ0) is 15.8. The summed E-state index contributed by atoms with van der Waals surface area (Å²) in [4.78, 5) is 34.1. The van der Waals surface area contributed by atoms with E-state index in [9.17, 15) is 9.59 Å². The predicted molar refractivity (Wildman–Crippen MR) is 87.2 cm³/mol. The van der Waals surface area contributed by atoms with Gasteiger partial charge in [-0.25, -0.2) is 9.78 Å². The van der Waals surface area contributed by atoms with Gasteiger partial charge in [-0.3, -0.25) is 9.36 Å². The van der Waals surface area contributed by atoms with Gasteiger partial charge in [0, 0.05) is 25.2 Å². The van der Waals surface area contributed by atoms with Gasteiger partial charge in [0.1, 0.15) is 0 Å². The number of nitrogens with one attached hydrogen (secondary N) is 1. The van der Waals surface area contributed by atoms with Crippen LogP contribution in [0.5, 0.6) is 0 Å². The zero-order valence-electron chi connectivity index (χ0n) is 13.2. The van der Waals surface area contributed by atoms with E-state index >= 15 is 0 Å². The minimum Gasteiger partial charge on any atom is -0.340 e. The maximum Gasteiger partial charge on any atom is 0.327 e. The van der Waals surface area contributed by atoms with Crippen LogP contribution in [0.1, 0.15) is 44.6 Å². The number of rotatable bonds is 2. The minimum absolute atomic E-state index is 0.0266. The van der Waals surface area contributed by atoms with Crippen molar-refractivity contribution in [3.05, 3.63) is 28.8 Å². The molecule has 2 aromatic heterocycles. The van der Waals surface area contributed by atoms with Crippen LogP contribution in [0, 0.1) is 5.92 Å².